The van der Waals surface area contributed by atoms with Gasteiger partial charge < -0.3 is 15.2 Å². The van der Waals surface area contributed by atoms with Gasteiger partial charge in [-0.25, -0.2) is 0 Å². The number of methoxy groups -OCH3 is 1. The molecule has 0 aliphatic carbocycles. The normalized spacial score (nSPS) is 11.4. The third-order valence-electron chi connectivity index (χ3n) is 5.64. The standard InChI is InChI=1S/C26H21Cl2N3O6S.Na/c1-3-14-8-9-21(28)23(25(14)38(34,35)36)31-30-22-19-7-5-4-6-15(19)10-20(24(22)32)26(33)29-17-11-16(27)12-18(13-17)37-2;/h4-13,32H,3H2,1-2H3,(H,29,33)(H,34,35,36);/q;+1/p-1. The van der Waals surface area contributed by atoms with Gasteiger partial charge >= 0.3 is 29.6 Å². The number of carbonyl (C=O) groups is 1. The van der Waals surface area contributed by atoms with Crippen molar-refractivity contribution in [2.24, 2.45) is 10.2 Å². The number of rotatable bonds is 7. The molecule has 0 aliphatic heterocycles. The third kappa shape index (κ3) is 6.72. The summed E-state index contributed by atoms with van der Waals surface area (Å²) >= 11 is 12.3. The quantitative estimate of drug-likeness (QED) is 0.189. The summed E-state index contributed by atoms with van der Waals surface area (Å²) in [6, 6.07) is 15.6. The molecule has 0 aliphatic rings. The smallest absolute Gasteiger partial charge is 0.870 e. The van der Waals surface area contributed by atoms with E-state index in [9.17, 15) is 22.9 Å². The van der Waals surface area contributed by atoms with E-state index in [2.05, 4.69) is 15.5 Å². The van der Waals surface area contributed by atoms with Crippen molar-refractivity contribution in [3.63, 3.8) is 0 Å². The van der Waals surface area contributed by atoms with E-state index in [-0.39, 0.29) is 63.5 Å². The molecule has 0 heterocycles. The summed E-state index contributed by atoms with van der Waals surface area (Å²) in [5.41, 5.74) is -0.201. The average Bonchev–Trinajstić information content (AvgIpc) is 2.87. The molecular formula is C26H20Cl2N3NaO6S. The summed E-state index contributed by atoms with van der Waals surface area (Å²) in [7, 11) is -3.27. The Balaban J connectivity index is 0.00000420. The number of benzene rings is 4. The second kappa shape index (κ2) is 12.6. The minimum Gasteiger partial charge on any atom is -0.870 e. The van der Waals surface area contributed by atoms with Gasteiger partial charge in [-0.3, -0.25) is 9.35 Å². The third-order valence-corrected chi connectivity index (χ3v) is 7.13. The summed E-state index contributed by atoms with van der Waals surface area (Å²) < 4.78 is 39.2. The van der Waals surface area contributed by atoms with Crippen LogP contribution in [0.4, 0.5) is 17.1 Å². The van der Waals surface area contributed by atoms with Gasteiger partial charge in [0.15, 0.2) is 0 Å². The first-order valence-electron chi connectivity index (χ1n) is 11.1. The van der Waals surface area contributed by atoms with E-state index < -0.39 is 26.7 Å². The van der Waals surface area contributed by atoms with Crippen LogP contribution in [-0.2, 0) is 16.5 Å². The van der Waals surface area contributed by atoms with E-state index in [4.69, 9.17) is 27.9 Å². The van der Waals surface area contributed by atoms with Crippen molar-refractivity contribution in [2.75, 3.05) is 12.4 Å². The molecule has 196 valence electrons. The number of nitrogens with one attached hydrogen (secondary N) is 1. The topological polar surface area (TPSA) is 140 Å². The molecule has 0 fully saturated rings. The fourth-order valence-corrected chi connectivity index (χ4v) is 5.29. The van der Waals surface area contributed by atoms with Gasteiger partial charge in [-0.1, -0.05) is 66.2 Å². The molecule has 4 aromatic rings. The Morgan fingerprint density at radius 3 is 2.41 bits per heavy atom. The molecule has 0 radical (unpaired) electrons. The predicted molar refractivity (Wildman–Crippen MR) is 144 cm³/mol. The molecule has 0 bridgehead atoms. The van der Waals surface area contributed by atoms with Crippen molar-refractivity contribution in [1.29, 1.82) is 0 Å². The van der Waals surface area contributed by atoms with E-state index in [1.54, 1.807) is 37.3 Å². The number of anilines is 1. The monoisotopic (exact) mass is 595 g/mol. The minimum atomic E-state index is -4.72. The summed E-state index contributed by atoms with van der Waals surface area (Å²) in [5, 5.41) is 25.2. The van der Waals surface area contributed by atoms with Crippen LogP contribution in [0, 0.1) is 0 Å². The molecule has 0 spiro atoms. The van der Waals surface area contributed by atoms with Crippen LogP contribution in [-0.4, -0.2) is 26.0 Å². The second-order valence-corrected chi connectivity index (χ2v) is 10.3. The van der Waals surface area contributed by atoms with Crippen LogP contribution in [0.5, 0.6) is 11.5 Å². The predicted octanol–water partition coefficient (Wildman–Crippen LogP) is 3.71. The molecule has 1 amide bonds. The molecule has 0 aromatic heterocycles. The SMILES string of the molecule is CCc1ccc(Cl)c(N=Nc2c([O-])c(C(=O)Nc3cc(Cl)cc(OC)c3)cc3ccccc23)c1S(=O)(=O)O.[Na+]. The molecule has 0 saturated carbocycles. The Bertz CT molecular complexity index is 1710. The Labute approximate surface area is 256 Å². The van der Waals surface area contributed by atoms with Crippen molar-refractivity contribution < 1.29 is 57.2 Å². The van der Waals surface area contributed by atoms with Gasteiger partial charge in [0.25, 0.3) is 16.0 Å². The molecule has 4 aromatic carbocycles. The molecule has 39 heavy (non-hydrogen) atoms. The van der Waals surface area contributed by atoms with Crippen LogP contribution >= 0.6 is 23.2 Å². The number of carbonyl (C=O) groups excluding carboxylic acids is 1. The first-order chi connectivity index (χ1) is 18.0. The molecule has 2 N–H and O–H groups in total. The summed E-state index contributed by atoms with van der Waals surface area (Å²) in [4.78, 5) is 12.6. The fourth-order valence-electron chi connectivity index (χ4n) is 3.88. The first kappa shape index (κ1) is 30.8. The Morgan fingerprint density at radius 2 is 1.74 bits per heavy atom. The maximum absolute atomic E-state index is 13.4. The van der Waals surface area contributed by atoms with Crippen LogP contribution in [0.15, 0.2) is 75.8 Å². The largest absolute Gasteiger partial charge is 1.00 e. The number of amides is 1. The maximum Gasteiger partial charge on any atom is 1.00 e. The number of hydrogen-bond donors (Lipinski definition) is 2. The molecular weight excluding hydrogens is 576 g/mol. The van der Waals surface area contributed by atoms with Crippen LogP contribution in [0.1, 0.15) is 22.8 Å². The number of azo groups is 1. The fraction of sp³-hybridized carbons (Fsp3) is 0.115. The number of hydrogen-bond acceptors (Lipinski definition) is 7. The summed E-state index contributed by atoms with van der Waals surface area (Å²) in [5.74, 6) is -1.08. The molecule has 9 nitrogen and oxygen atoms in total. The Morgan fingerprint density at radius 1 is 1.05 bits per heavy atom. The number of fused-ring (bicyclic) bond motifs is 1. The molecule has 0 atom stereocenters. The van der Waals surface area contributed by atoms with Gasteiger partial charge in [-0.05, 0) is 41.6 Å². The van der Waals surface area contributed by atoms with Gasteiger partial charge in [0, 0.05) is 27.7 Å². The maximum atomic E-state index is 13.4. The van der Waals surface area contributed by atoms with Crippen molar-refractivity contribution in [2.45, 2.75) is 18.2 Å². The van der Waals surface area contributed by atoms with Crippen molar-refractivity contribution in [3.05, 3.63) is 81.8 Å². The minimum absolute atomic E-state index is 0. The van der Waals surface area contributed by atoms with Crippen LogP contribution < -0.4 is 44.7 Å². The average molecular weight is 596 g/mol. The van der Waals surface area contributed by atoms with E-state index in [0.29, 0.717) is 27.2 Å². The number of nitrogens with zero attached hydrogens (tertiary/aromatic N) is 2. The van der Waals surface area contributed by atoms with E-state index in [0.717, 1.165) is 0 Å². The van der Waals surface area contributed by atoms with Crippen molar-refractivity contribution in [1.82, 2.24) is 0 Å². The Kier molecular flexibility index (Phi) is 10.0. The molecule has 4 rings (SSSR count). The summed E-state index contributed by atoms with van der Waals surface area (Å²) in [6.07, 6.45) is 0.258. The van der Waals surface area contributed by atoms with Gasteiger partial charge in [-0.2, -0.15) is 13.5 Å². The number of ether oxygens (including phenoxy) is 1. The van der Waals surface area contributed by atoms with Crippen molar-refractivity contribution >= 4 is 67.1 Å². The summed E-state index contributed by atoms with van der Waals surface area (Å²) in [6.45, 7) is 1.69. The Hall–Kier alpha value is -2.70. The zero-order chi connectivity index (χ0) is 27.6. The zero-order valence-corrected chi connectivity index (χ0v) is 25.4. The van der Waals surface area contributed by atoms with E-state index in [1.165, 1.54) is 37.4 Å². The first-order valence-corrected chi connectivity index (χ1v) is 13.3. The van der Waals surface area contributed by atoms with Crippen LogP contribution in [0.25, 0.3) is 10.8 Å². The van der Waals surface area contributed by atoms with Crippen LogP contribution in [0.3, 0.4) is 0 Å². The van der Waals surface area contributed by atoms with Crippen LogP contribution in [0.2, 0.25) is 10.0 Å². The van der Waals surface area contributed by atoms with Gasteiger partial charge in [0.2, 0.25) is 0 Å². The van der Waals surface area contributed by atoms with E-state index in [1.807, 2.05) is 0 Å². The van der Waals surface area contributed by atoms with Crippen molar-refractivity contribution in [3.8, 4) is 11.5 Å². The zero-order valence-electron chi connectivity index (χ0n) is 21.0. The van der Waals surface area contributed by atoms with Gasteiger partial charge in [0.05, 0.1) is 17.8 Å². The second-order valence-electron chi connectivity index (χ2n) is 8.07. The molecule has 0 unspecified atom stereocenters. The van der Waals surface area contributed by atoms with E-state index >= 15 is 0 Å². The molecule has 13 heteroatoms. The number of aryl methyl sites for hydroxylation is 1. The van der Waals surface area contributed by atoms with Gasteiger partial charge in [0.1, 0.15) is 16.3 Å². The van der Waals surface area contributed by atoms with Gasteiger partial charge in [-0.15, -0.1) is 5.11 Å². The molecule has 0 saturated heterocycles. The number of halogens is 2.